The number of rotatable bonds is 10. The predicted molar refractivity (Wildman–Crippen MR) is 162 cm³/mol. The molecule has 0 saturated heterocycles. The molecular formula is C31H41ClFNO5Si. The molecule has 1 unspecified atom stereocenters. The Hall–Kier alpha value is -2.68. The quantitative estimate of drug-likeness (QED) is 0.185. The van der Waals surface area contributed by atoms with Crippen molar-refractivity contribution in [2.75, 3.05) is 13.7 Å². The first-order valence-corrected chi connectivity index (χ1v) is 16.9. The van der Waals surface area contributed by atoms with Crippen LogP contribution in [0.15, 0.2) is 41.3 Å². The molecule has 0 spiro atoms. The van der Waals surface area contributed by atoms with Crippen LogP contribution in [0.3, 0.4) is 0 Å². The Morgan fingerprint density at radius 1 is 1.15 bits per heavy atom. The van der Waals surface area contributed by atoms with Crippen molar-refractivity contribution < 1.29 is 23.1 Å². The van der Waals surface area contributed by atoms with Gasteiger partial charge in [0.05, 0.1) is 36.4 Å². The number of methoxy groups -OCH3 is 1. The third kappa shape index (κ3) is 6.78. The van der Waals surface area contributed by atoms with Gasteiger partial charge in [-0.15, -0.1) is 0 Å². The Balaban J connectivity index is 2.40. The van der Waals surface area contributed by atoms with Gasteiger partial charge in [0.15, 0.2) is 9.04 Å². The van der Waals surface area contributed by atoms with E-state index < -0.39 is 26.3 Å². The number of nitrogens with zero attached hydrogens (tertiary/aromatic N) is 1. The summed E-state index contributed by atoms with van der Waals surface area (Å²) in [6.45, 7) is 16.7. The van der Waals surface area contributed by atoms with Gasteiger partial charge in [0.2, 0.25) is 5.43 Å². The topological polar surface area (TPSA) is 66.8 Å². The Labute approximate surface area is 243 Å². The molecule has 0 aliphatic heterocycles. The lowest BCUT2D eigenvalue weighted by Crippen LogP contribution is -2.43. The molecule has 0 radical (unpaired) electrons. The molecule has 3 aromatic rings. The second-order valence-electron chi connectivity index (χ2n) is 11.8. The van der Waals surface area contributed by atoms with Gasteiger partial charge >= 0.3 is 5.97 Å². The highest BCUT2D eigenvalue weighted by Gasteiger charge is 2.37. The first-order chi connectivity index (χ1) is 18.7. The SMILES string of the molecule is CCOC(=O)c1cn([C@@H](C(C)C)C(O[SiH](C)C)C(C)(C)C)c2cc(OC)c(Cc3cccc(Cl)c3F)cc2c1=O. The fraction of sp³-hybridized carbons (Fsp3) is 0.484. The average Bonchev–Trinajstić information content (AvgIpc) is 2.86. The van der Waals surface area contributed by atoms with E-state index in [-0.39, 0.29) is 47.1 Å². The second-order valence-corrected chi connectivity index (χ2v) is 14.6. The summed E-state index contributed by atoms with van der Waals surface area (Å²) < 4.78 is 34.5. The van der Waals surface area contributed by atoms with Crippen LogP contribution in [0.5, 0.6) is 5.75 Å². The van der Waals surface area contributed by atoms with Crippen molar-refractivity contribution in [3.8, 4) is 5.75 Å². The molecule has 0 fully saturated rings. The van der Waals surface area contributed by atoms with Crippen LogP contribution in [-0.4, -0.2) is 39.4 Å². The van der Waals surface area contributed by atoms with E-state index in [4.69, 9.17) is 25.5 Å². The van der Waals surface area contributed by atoms with Crippen molar-refractivity contribution in [3.05, 3.63) is 74.3 Å². The second kappa shape index (κ2) is 12.9. The van der Waals surface area contributed by atoms with E-state index in [0.717, 1.165) is 0 Å². The summed E-state index contributed by atoms with van der Waals surface area (Å²) in [4.78, 5) is 26.8. The van der Waals surface area contributed by atoms with Crippen LogP contribution in [0.2, 0.25) is 18.1 Å². The van der Waals surface area contributed by atoms with E-state index in [9.17, 15) is 14.0 Å². The number of carbonyl (C=O) groups is 1. The van der Waals surface area contributed by atoms with E-state index in [0.29, 0.717) is 27.8 Å². The summed E-state index contributed by atoms with van der Waals surface area (Å²) in [5.74, 6) is -0.621. The summed E-state index contributed by atoms with van der Waals surface area (Å²) in [5.41, 5.74) is 0.830. The minimum absolute atomic E-state index is 0.0194. The lowest BCUT2D eigenvalue weighted by atomic mass is 9.80. The number of esters is 1. The van der Waals surface area contributed by atoms with E-state index in [2.05, 4.69) is 47.7 Å². The van der Waals surface area contributed by atoms with Crippen molar-refractivity contribution in [2.24, 2.45) is 11.3 Å². The van der Waals surface area contributed by atoms with E-state index >= 15 is 0 Å². The molecule has 0 saturated carbocycles. The van der Waals surface area contributed by atoms with Gasteiger partial charge in [0.25, 0.3) is 0 Å². The minimum atomic E-state index is -1.48. The molecule has 1 aromatic heterocycles. The van der Waals surface area contributed by atoms with Crippen LogP contribution in [0.4, 0.5) is 4.39 Å². The maximum absolute atomic E-state index is 14.8. The molecular weight excluding hydrogens is 549 g/mol. The van der Waals surface area contributed by atoms with Crippen LogP contribution in [0.25, 0.3) is 10.9 Å². The molecule has 0 bridgehead atoms. The standard InChI is InChI=1S/C31H41ClFNO5Si/c1-10-38-30(36)22-17-34(27(18(2)3)29(31(4,5)6)39-40(8)9)24-16-25(37-7)20(15-21(24)28(22)35)14-19-12-11-13-23(32)26(19)33/h11-13,15-18,27,29,40H,10,14H2,1-9H3/t27-,29?/m0/s1. The zero-order chi connectivity index (χ0) is 29.9. The largest absolute Gasteiger partial charge is 0.496 e. The number of pyridine rings is 1. The number of carbonyl (C=O) groups excluding carboxylic acids is 1. The molecule has 1 heterocycles. The lowest BCUT2D eigenvalue weighted by molar-refractivity contribution is 0.0212. The minimum Gasteiger partial charge on any atom is -0.496 e. The number of halogens is 2. The van der Waals surface area contributed by atoms with Gasteiger partial charge in [0, 0.05) is 24.1 Å². The van der Waals surface area contributed by atoms with Crippen LogP contribution in [-0.2, 0) is 15.6 Å². The van der Waals surface area contributed by atoms with Crippen LogP contribution < -0.4 is 10.2 Å². The molecule has 3 rings (SSSR count). The van der Waals surface area contributed by atoms with E-state index in [1.54, 1.807) is 44.5 Å². The Morgan fingerprint density at radius 2 is 1.82 bits per heavy atom. The van der Waals surface area contributed by atoms with E-state index in [1.165, 1.54) is 6.07 Å². The molecule has 0 aliphatic rings. The first-order valence-electron chi connectivity index (χ1n) is 13.7. The highest BCUT2D eigenvalue weighted by molar-refractivity contribution is 6.48. The fourth-order valence-corrected chi connectivity index (χ4v) is 6.50. The van der Waals surface area contributed by atoms with Crippen LogP contribution in [0, 0.1) is 17.2 Å². The highest BCUT2D eigenvalue weighted by Crippen LogP contribution is 2.39. The van der Waals surface area contributed by atoms with Crippen molar-refractivity contribution in [1.29, 1.82) is 0 Å². The predicted octanol–water partition coefficient (Wildman–Crippen LogP) is 7.18. The van der Waals surface area contributed by atoms with Gasteiger partial charge in [-0.25, -0.2) is 9.18 Å². The number of aromatic nitrogens is 1. The van der Waals surface area contributed by atoms with Crippen molar-refractivity contribution in [3.63, 3.8) is 0 Å². The van der Waals surface area contributed by atoms with Gasteiger partial charge in [-0.3, -0.25) is 4.79 Å². The summed E-state index contributed by atoms with van der Waals surface area (Å²) in [6.07, 6.45) is 1.55. The summed E-state index contributed by atoms with van der Waals surface area (Å²) in [7, 11) is 0.0662. The molecule has 0 aliphatic carbocycles. The summed E-state index contributed by atoms with van der Waals surface area (Å²) >= 11 is 6.03. The van der Waals surface area contributed by atoms with Gasteiger partial charge in [-0.1, -0.05) is 58.4 Å². The van der Waals surface area contributed by atoms with Crippen molar-refractivity contribution in [1.82, 2.24) is 4.57 Å². The van der Waals surface area contributed by atoms with Gasteiger partial charge in [-0.05, 0) is 54.6 Å². The maximum atomic E-state index is 14.8. The molecule has 40 heavy (non-hydrogen) atoms. The first kappa shape index (κ1) is 31.8. The molecule has 9 heteroatoms. The number of ether oxygens (including phenoxy) is 2. The van der Waals surface area contributed by atoms with Crippen molar-refractivity contribution >= 4 is 37.5 Å². The number of benzene rings is 2. The molecule has 0 N–H and O–H groups in total. The van der Waals surface area contributed by atoms with Gasteiger partial charge < -0.3 is 18.5 Å². The molecule has 2 atom stereocenters. The Morgan fingerprint density at radius 3 is 2.38 bits per heavy atom. The third-order valence-electron chi connectivity index (χ3n) is 6.93. The lowest BCUT2D eigenvalue weighted by Gasteiger charge is -2.42. The molecule has 2 aromatic carbocycles. The molecule has 6 nitrogen and oxygen atoms in total. The zero-order valence-electron chi connectivity index (χ0n) is 24.9. The smallest absolute Gasteiger partial charge is 0.343 e. The molecule has 0 amide bonds. The number of hydrogen-bond donors (Lipinski definition) is 0. The van der Waals surface area contributed by atoms with Crippen LogP contribution in [0.1, 0.15) is 69.1 Å². The maximum Gasteiger partial charge on any atom is 0.343 e. The average molecular weight is 590 g/mol. The summed E-state index contributed by atoms with van der Waals surface area (Å²) in [5, 5.41) is 0.342. The van der Waals surface area contributed by atoms with Crippen LogP contribution >= 0.6 is 11.6 Å². The molecule has 218 valence electrons. The third-order valence-corrected chi connectivity index (χ3v) is 8.06. The fourth-order valence-electron chi connectivity index (χ4n) is 5.15. The zero-order valence-corrected chi connectivity index (χ0v) is 26.8. The Kier molecular flexibility index (Phi) is 10.2. The monoisotopic (exact) mass is 589 g/mol. The number of hydrogen-bond acceptors (Lipinski definition) is 5. The highest BCUT2D eigenvalue weighted by atomic mass is 35.5. The van der Waals surface area contributed by atoms with Gasteiger partial charge in [0.1, 0.15) is 17.1 Å². The van der Waals surface area contributed by atoms with E-state index in [1.807, 2.05) is 4.57 Å². The Bertz CT molecular complexity index is 1430. The number of fused-ring (bicyclic) bond motifs is 1. The normalized spacial score (nSPS) is 13.6. The van der Waals surface area contributed by atoms with Gasteiger partial charge in [-0.2, -0.15) is 0 Å². The van der Waals surface area contributed by atoms with Crippen molar-refractivity contribution in [2.45, 2.75) is 73.2 Å². The summed E-state index contributed by atoms with van der Waals surface area (Å²) in [6, 6.07) is 8.09.